The predicted octanol–water partition coefficient (Wildman–Crippen LogP) is 3.77. The summed E-state index contributed by atoms with van der Waals surface area (Å²) in [5, 5.41) is 10.0. The Balaban J connectivity index is 1.50. The Kier molecular flexibility index (Phi) is 9.24. The van der Waals surface area contributed by atoms with Crippen molar-refractivity contribution in [2.75, 3.05) is 32.7 Å². The molecule has 234 valence electrons. The molecular weight excluding hydrogens is 572 g/mol. The summed E-state index contributed by atoms with van der Waals surface area (Å²) in [5.41, 5.74) is 5.05. The van der Waals surface area contributed by atoms with Crippen LogP contribution in [0, 0.1) is 0 Å². The van der Waals surface area contributed by atoms with Gasteiger partial charge in [-0.2, -0.15) is 0 Å². The number of allylic oxidation sites excluding steroid dienone is 1. The van der Waals surface area contributed by atoms with E-state index in [4.69, 9.17) is 14.2 Å². The summed E-state index contributed by atoms with van der Waals surface area (Å²) in [4.78, 5) is 36.8. The van der Waals surface area contributed by atoms with Crippen LogP contribution >= 0.6 is 0 Å². The van der Waals surface area contributed by atoms with Crippen molar-refractivity contribution < 1.29 is 24.1 Å². The lowest BCUT2D eigenvalue weighted by Gasteiger charge is -2.25. The van der Waals surface area contributed by atoms with Crippen molar-refractivity contribution in [3.63, 3.8) is 0 Å². The molecule has 4 aromatic rings. The highest BCUT2D eigenvalue weighted by atomic mass is 16.5. The first-order chi connectivity index (χ1) is 21.6. The molecule has 0 radical (unpaired) electrons. The van der Waals surface area contributed by atoms with Gasteiger partial charge in [-0.05, 0) is 73.4 Å². The lowest BCUT2D eigenvalue weighted by atomic mass is 9.95. The van der Waals surface area contributed by atoms with E-state index in [-0.39, 0.29) is 12.2 Å². The summed E-state index contributed by atoms with van der Waals surface area (Å²) in [7, 11) is 5.46. The number of benzene rings is 3. The van der Waals surface area contributed by atoms with Gasteiger partial charge in [-0.3, -0.25) is 9.36 Å². The molecular formula is C35H38N4O6. The highest BCUT2D eigenvalue weighted by Gasteiger charge is 2.33. The van der Waals surface area contributed by atoms with Crippen LogP contribution in [0.25, 0.3) is 6.08 Å². The van der Waals surface area contributed by atoms with E-state index in [1.54, 1.807) is 46.1 Å². The molecule has 45 heavy (non-hydrogen) atoms. The molecule has 0 saturated carbocycles. The molecule has 5 rings (SSSR count). The molecule has 1 unspecified atom stereocenters. The van der Waals surface area contributed by atoms with Gasteiger partial charge in [0.1, 0.15) is 12.0 Å². The number of anilines is 1. The molecule has 2 N–H and O–H groups in total. The number of esters is 1. The third-order valence-corrected chi connectivity index (χ3v) is 7.69. The molecule has 0 bridgehead atoms. The number of ether oxygens (including phenoxy) is 3. The summed E-state index contributed by atoms with van der Waals surface area (Å²) in [6.07, 6.45) is 1.19. The van der Waals surface area contributed by atoms with Crippen molar-refractivity contribution in [2.45, 2.75) is 39.5 Å². The third kappa shape index (κ3) is 6.56. The maximum atomic E-state index is 13.9. The maximum absolute atomic E-state index is 13.9. The number of aliphatic hydroxyl groups excluding tert-OH is 1. The van der Waals surface area contributed by atoms with Crippen molar-refractivity contribution in [1.29, 1.82) is 0 Å². The Hall–Kier alpha value is -5.09. The maximum Gasteiger partial charge on any atom is 0.338 e. The number of carbonyl (C=O) groups is 1. The van der Waals surface area contributed by atoms with Gasteiger partial charge in [-0.25, -0.2) is 9.79 Å². The number of rotatable bonds is 10. The monoisotopic (exact) mass is 610 g/mol. The van der Waals surface area contributed by atoms with Crippen LogP contribution in [0.2, 0.25) is 0 Å². The Morgan fingerprint density at radius 1 is 1.09 bits per heavy atom. The SMILES string of the molecule is CCOC(=O)C1=C(C)N=c2[nH]c(=Cc3ccc(OCc4ccc([C@@H](C)O)cc4)c(OC)c3)c(=O)n2C1c1ccc(N(C)C)cc1. The molecule has 2 heterocycles. The topological polar surface area (TPSA) is 118 Å². The van der Waals surface area contributed by atoms with Crippen LogP contribution in [0.15, 0.2) is 87.8 Å². The van der Waals surface area contributed by atoms with Crippen LogP contribution in [-0.2, 0) is 16.1 Å². The van der Waals surface area contributed by atoms with E-state index in [9.17, 15) is 14.7 Å². The van der Waals surface area contributed by atoms with E-state index in [2.05, 4.69) is 9.98 Å². The molecule has 10 heteroatoms. The summed E-state index contributed by atoms with van der Waals surface area (Å²) >= 11 is 0. The fourth-order valence-electron chi connectivity index (χ4n) is 5.28. The van der Waals surface area contributed by atoms with Crippen LogP contribution in [0.4, 0.5) is 5.69 Å². The first-order valence-corrected chi connectivity index (χ1v) is 14.7. The Morgan fingerprint density at radius 3 is 2.42 bits per heavy atom. The first-order valence-electron chi connectivity index (χ1n) is 14.7. The van der Waals surface area contributed by atoms with E-state index >= 15 is 0 Å². The van der Waals surface area contributed by atoms with E-state index in [0.29, 0.717) is 45.9 Å². The zero-order valence-corrected chi connectivity index (χ0v) is 26.3. The number of aromatic amines is 1. The number of nitrogens with one attached hydrogen (secondary N) is 1. The van der Waals surface area contributed by atoms with Gasteiger partial charge < -0.3 is 29.2 Å². The number of H-pyrrole nitrogens is 1. The number of hydrogen-bond donors (Lipinski definition) is 2. The van der Waals surface area contributed by atoms with Crippen molar-refractivity contribution >= 4 is 17.7 Å². The van der Waals surface area contributed by atoms with Crippen molar-refractivity contribution in [1.82, 2.24) is 9.55 Å². The van der Waals surface area contributed by atoms with Gasteiger partial charge in [0.15, 0.2) is 11.5 Å². The van der Waals surface area contributed by atoms with E-state index in [1.807, 2.05) is 73.6 Å². The van der Waals surface area contributed by atoms with Crippen molar-refractivity contribution in [3.05, 3.63) is 122 Å². The van der Waals surface area contributed by atoms with Gasteiger partial charge >= 0.3 is 5.97 Å². The van der Waals surface area contributed by atoms with Crippen LogP contribution in [0.5, 0.6) is 11.5 Å². The second-order valence-corrected chi connectivity index (χ2v) is 11.0. The van der Waals surface area contributed by atoms with Crippen LogP contribution in [0.1, 0.15) is 55.2 Å². The molecule has 1 aliphatic rings. The molecule has 1 aliphatic heterocycles. The van der Waals surface area contributed by atoms with Crippen molar-refractivity contribution in [3.8, 4) is 11.5 Å². The molecule has 0 fully saturated rings. The Bertz CT molecular complexity index is 1900. The Morgan fingerprint density at radius 2 is 1.80 bits per heavy atom. The average Bonchev–Trinajstić information content (AvgIpc) is 3.33. The quantitative estimate of drug-likeness (QED) is 0.263. The van der Waals surface area contributed by atoms with Crippen molar-refractivity contribution in [2.24, 2.45) is 4.99 Å². The van der Waals surface area contributed by atoms with Gasteiger partial charge in [0, 0.05) is 19.8 Å². The zero-order chi connectivity index (χ0) is 32.2. The number of aliphatic hydroxyl groups is 1. The lowest BCUT2D eigenvalue weighted by molar-refractivity contribution is -0.139. The molecule has 0 amide bonds. The Labute approximate surface area is 261 Å². The summed E-state index contributed by atoms with van der Waals surface area (Å²) < 4.78 is 18.5. The summed E-state index contributed by atoms with van der Waals surface area (Å²) in [5.74, 6) is 0.544. The van der Waals surface area contributed by atoms with Gasteiger partial charge in [-0.1, -0.05) is 42.5 Å². The minimum atomic E-state index is -0.723. The predicted molar refractivity (Wildman–Crippen MR) is 172 cm³/mol. The lowest BCUT2D eigenvalue weighted by Crippen LogP contribution is -2.40. The number of carbonyl (C=O) groups excluding carboxylic acids is 1. The molecule has 2 atom stereocenters. The minimum absolute atomic E-state index is 0.201. The smallest absolute Gasteiger partial charge is 0.338 e. The van der Waals surface area contributed by atoms with Gasteiger partial charge in [0.2, 0.25) is 5.62 Å². The molecule has 0 spiro atoms. The zero-order valence-electron chi connectivity index (χ0n) is 26.3. The minimum Gasteiger partial charge on any atom is -0.493 e. The van der Waals surface area contributed by atoms with Gasteiger partial charge in [0.05, 0.1) is 37.1 Å². The molecule has 10 nitrogen and oxygen atoms in total. The van der Waals surface area contributed by atoms with E-state index < -0.39 is 18.1 Å². The fourth-order valence-corrected chi connectivity index (χ4v) is 5.28. The van der Waals surface area contributed by atoms with E-state index in [0.717, 1.165) is 22.4 Å². The van der Waals surface area contributed by atoms with Crippen LogP contribution in [0.3, 0.4) is 0 Å². The third-order valence-electron chi connectivity index (χ3n) is 7.69. The fraction of sp³-hybridized carbons (Fsp3) is 0.286. The molecule has 1 aromatic heterocycles. The average molecular weight is 611 g/mol. The standard InChI is InChI=1S/C35H38N4O6/c1-7-44-34(42)31-21(2)36-35-37-28(33(41)39(35)32(31)26-13-15-27(16-14-26)38(4)5)18-24-10-17-29(30(19-24)43-6)45-20-23-8-11-25(12-9-23)22(3)40/h8-19,22,32,40H,7,20H2,1-6H3,(H,36,37)/t22-,32?/m1/s1. The second kappa shape index (κ2) is 13.3. The van der Waals surface area contributed by atoms with Gasteiger partial charge in [0.25, 0.3) is 5.56 Å². The highest BCUT2D eigenvalue weighted by Crippen LogP contribution is 2.32. The number of imidazole rings is 1. The number of methoxy groups -OCH3 is 1. The molecule has 0 saturated heterocycles. The van der Waals surface area contributed by atoms with Crippen LogP contribution in [-0.4, -0.2) is 48.4 Å². The number of fused-ring (bicyclic) bond motifs is 1. The highest BCUT2D eigenvalue weighted by molar-refractivity contribution is 5.91. The normalized spacial score (nSPS) is 15.3. The first kappa shape index (κ1) is 31.3. The summed E-state index contributed by atoms with van der Waals surface area (Å²) in [6, 6.07) is 20.0. The summed E-state index contributed by atoms with van der Waals surface area (Å²) in [6.45, 7) is 5.73. The second-order valence-electron chi connectivity index (χ2n) is 11.0. The number of hydrogen-bond acceptors (Lipinski definition) is 8. The van der Waals surface area contributed by atoms with Gasteiger partial charge in [-0.15, -0.1) is 0 Å². The molecule has 0 aliphatic carbocycles. The van der Waals surface area contributed by atoms with E-state index in [1.165, 1.54) is 4.57 Å². The largest absolute Gasteiger partial charge is 0.493 e. The molecule has 3 aromatic carbocycles. The van der Waals surface area contributed by atoms with Crippen LogP contribution < -0.4 is 30.9 Å². The number of aromatic nitrogens is 2. The number of nitrogens with zero attached hydrogens (tertiary/aromatic N) is 3.